The van der Waals surface area contributed by atoms with Crippen molar-refractivity contribution in [2.45, 2.75) is 26.7 Å². The summed E-state index contributed by atoms with van der Waals surface area (Å²) in [6.07, 6.45) is 3.71. The minimum atomic E-state index is 0.169. The van der Waals surface area contributed by atoms with Crippen LogP contribution in [0.5, 0.6) is 0 Å². The number of aromatic nitrogens is 1. The van der Waals surface area contributed by atoms with E-state index in [2.05, 4.69) is 35.6 Å². The number of aliphatic hydroxyl groups is 1. The number of nitrogens with zero attached hydrogens (tertiary/aromatic N) is 1. The summed E-state index contributed by atoms with van der Waals surface area (Å²) >= 11 is 1.74. The Labute approximate surface area is 112 Å². The number of nitrogens with one attached hydrogen (secondary N) is 1. The first-order valence-corrected chi connectivity index (χ1v) is 7.17. The van der Waals surface area contributed by atoms with E-state index in [0.29, 0.717) is 0 Å². The number of thiophene rings is 1. The van der Waals surface area contributed by atoms with Crippen LogP contribution in [0.3, 0.4) is 0 Å². The highest BCUT2D eigenvalue weighted by atomic mass is 32.1. The second-order valence-corrected chi connectivity index (χ2v) is 6.28. The van der Waals surface area contributed by atoms with Gasteiger partial charge in [0, 0.05) is 29.4 Å². The maximum Gasteiger partial charge on any atom is 0.134 e. The fraction of sp³-hybridized carbons (Fsp3) is 0.500. The number of hydrogen-bond donors (Lipinski definition) is 2. The van der Waals surface area contributed by atoms with E-state index >= 15 is 0 Å². The van der Waals surface area contributed by atoms with Gasteiger partial charge in [-0.2, -0.15) is 0 Å². The standard InChI is InChI=1S/C14H20N2OS/c1-14(2,6-3-8-17)10-16-13-11-5-9-18-12(11)4-7-15-13/h4-5,7,9,17H,3,6,8,10H2,1-2H3,(H,15,16). The van der Waals surface area contributed by atoms with Crippen LogP contribution in [-0.2, 0) is 0 Å². The summed E-state index contributed by atoms with van der Waals surface area (Å²) in [4.78, 5) is 4.41. The van der Waals surface area contributed by atoms with Gasteiger partial charge < -0.3 is 10.4 Å². The smallest absolute Gasteiger partial charge is 0.134 e. The van der Waals surface area contributed by atoms with Gasteiger partial charge in [0.25, 0.3) is 0 Å². The zero-order chi connectivity index (χ0) is 13.0. The van der Waals surface area contributed by atoms with Gasteiger partial charge in [0.05, 0.1) is 0 Å². The molecule has 3 nitrogen and oxygen atoms in total. The van der Waals surface area contributed by atoms with Crippen molar-refractivity contribution >= 4 is 27.2 Å². The minimum absolute atomic E-state index is 0.169. The third-order valence-electron chi connectivity index (χ3n) is 3.13. The highest BCUT2D eigenvalue weighted by molar-refractivity contribution is 7.17. The zero-order valence-corrected chi connectivity index (χ0v) is 11.8. The van der Waals surface area contributed by atoms with Crippen LogP contribution in [0, 0.1) is 5.41 Å². The van der Waals surface area contributed by atoms with Gasteiger partial charge in [-0.3, -0.25) is 0 Å². The fourth-order valence-electron chi connectivity index (χ4n) is 2.00. The summed E-state index contributed by atoms with van der Waals surface area (Å²) in [5.41, 5.74) is 0.169. The molecule has 0 spiro atoms. The topological polar surface area (TPSA) is 45.1 Å². The summed E-state index contributed by atoms with van der Waals surface area (Å²) in [7, 11) is 0. The van der Waals surface area contributed by atoms with E-state index in [1.54, 1.807) is 11.3 Å². The molecule has 2 N–H and O–H groups in total. The molecule has 2 aromatic rings. The van der Waals surface area contributed by atoms with E-state index in [1.807, 2.05) is 12.3 Å². The van der Waals surface area contributed by atoms with Crippen molar-refractivity contribution in [3.8, 4) is 0 Å². The minimum Gasteiger partial charge on any atom is -0.396 e. The van der Waals surface area contributed by atoms with Gasteiger partial charge in [-0.25, -0.2) is 4.98 Å². The molecular weight excluding hydrogens is 244 g/mol. The Morgan fingerprint density at radius 2 is 2.22 bits per heavy atom. The van der Waals surface area contributed by atoms with Crippen LogP contribution >= 0.6 is 11.3 Å². The molecule has 0 saturated carbocycles. The number of fused-ring (bicyclic) bond motifs is 1. The molecule has 4 heteroatoms. The second kappa shape index (κ2) is 5.67. The van der Waals surface area contributed by atoms with Gasteiger partial charge in [-0.05, 0) is 35.8 Å². The van der Waals surface area contributed by atoms with Crippen LogP contribution in [-0.4, -0.2) is 23.2 Å². The Kier molecular flexibility index (Phi) is 4.19. The molecule has 0 bridgehead atoms. The van der Waals surface area contributed by atoms with E-state index in [0.717, 1.165) is 25.2 Å². The van der Waals surface area contributed by atoms with Gasteiger partial charge in [0.2, 0.25) is 0 Å². The zero-order valence-electron chi connectivity index (χ0n) is 10.9. The summed E-state index contributed by atoms with van der Waals surface area (Å²) in [5.74, 6) is 0.964. The summed E-state index contributed by atoms with van der Waals surface area (Å²) in [6, 6.07) is 4.15. The Balaban J connectivity index is 2.03. The molecule has 0 aliphatic rings. The van der Waals surface area contributed by atoms with Crippen LogP contribution < -0.4 is 5.32 Å². The summed E-state index contributed by atoms with van der Waals surface area (Å²) < 4.78 is 1.26. The lowest BCUT2D eigenvalue weighted by atomic mass is 9.88. The van der Waals surface area contributed by atoms with Crippen molar-refractivity contribution in [3.63, 3.8) is 0 Å². The summed E-state index contributed by atoms with van der Waals surface area (Å²) in [6.45, 7) is 5.56. The number of pyridine rings is 1. The van der Waals surface area contributed by atoms with Crippen molar-refractivity contribution in [1.82, 2.24) is 4.98 Å². The normalized spacial score (nSPS) is 11.9. The first kappa shape index (κ1) is 13.3. The van der Waals surface area contributed by atoms with Gasteiger partial charge >= 0.3 is 0 Å². The van der Waals surface area contributed by atoms with Gasteiger partial charge in [0.15, 0.2) is 0 Å². The molecule has 0 aliphatic carbocycles. The van der Waals surface area contributed by atoms with Crippen molar-refractivity contribution in [3.05, 3.63) is 23.7 Å². The fourth-order valence-corrected chi connectivity index (χ4v) is 2.79. The third kappa shape index (κ3) is 3.21. The maximum absolute atomic E-state index is 8.90. The summed E-state index contributed by atoms with van der Waals surface area (Å²) in [5, 5.41) is 15.6. The van der Waals surface area contributed by atoms with Crippen molar-refractivity contribution in [2.75, 3.05) is 18.5 Å². The van der Waals surface area contributed by atoms with Crippen LogP contribution in [0.15, 0.2) is 23.7 Å². The molecule has 98 valence electrons. The highest BCUT2D eigenvalue weighted by Crippen LogP contribution is 2.28. The maximum atomic E-state index is 8.90. The Morgan fingerprint density at radius 3 is 3.00 bits per heavy atom. The molecule has 0 unspecified atom stereocenters. The molecule has 0 radical (unpaired) electrons. The molecule has 0 aliphatic heterocycles. The average Bonchev–Trinajstić information content (AvgIpc) is 2.82. The van der Waals surface area contributed by atoms with Gasteiger partial charge in [-0.1, -0.05) is 13.8 Å². The van der Waals surface area contributed by atoms with Crippen LogP contribution in [0.1, 0.15) is 26.7 Å². The number of hydrogen-bond acceptors (Lipinski definition) is 4. The predicted octanol–water partition coefficient (Wildman–Crippen LogP) is 3.51. The molecule has 0 amide bonds. The van der Waals surface area contributed by atoms with Crippen molar-refractivity contribution < 1.29 is 5.11 Å². The number of aliphatic hydroxyl groups excluding tert-OH is 1. The lowest BCUT2D eigenvalue weighted by molar-refractivity contribution is 0.248. The van der Waals surface area contributed by atoms with Gasteiger partial charge in [0.1, 0.15) is 5.82 Å². The van der Waals surface area contributed by atoms with Gasteiger partial charge in [-0.15, -0.1) is 11.3 Å². The highest BCUT2D eigenvalue weighted by Gasteiger charge is 2.17. The van der Waals surface area contributed by atoms with E-state index < -0.39 is 0 Å². The molecule has 0 saturated heterocycles. The lowest BCUT2D eigenvalue weighted by Crippen LogP contribution is -2.23. The van der Waals surface area contributed by atoms with Crippen LogP contribution in [0.25, 0.3) is 10.1 Å². The predicted molar refractivity (Wildman–Crippen MR) is 78.2 cm³/mol. The van der Waals surface area contributed by atoms with Crippen LogP contribution in [0.2, 0.25) is 0 Å². The monoisotopic (exact) mass is 264 g/mol. The number of rotatable bonds is 6. The molecule has 2 aromatic heterocycles. The largest absolute Gasteiger partial charge is 0.396 e. The first-order chi connectivity index (χ1) is 8.62. The van der Waals surface area contributed by atoms with E-state index in [-0.39, 0.29) is 12.0 Å². The second-order valence-electron chi connectivity index (χ2n) is 5.34. The molecule has 2 heterocycles. The molecule has 2 rings (SSSR count). The van der Waals surface area contributed by atoms with E-state index in [9.17, 15) is 0 Å². The molecule has 0 aromatic carbocycles. The first-order valence-electron chi connectivity index (χ1n) is 6.29. The van der Waals surface area contributed by atoms with E-state index in [1.165, 1.54) is 10.1 Å². The Hall–Kier alpha value is -1.13. The van der Waals surface area contributed by atoms with Crippen molar-refractivity contribution in [1.29, 1.82) is 0 Å². The quantitative estimate of drug-likeness (QED) is 0.839. The third-order valence-corrected chi connectivity index (χ3v) is 4.01. The SMILES string of the molecule is CC(C)(CCCO)CNc1nccc2sccc12. The Morgan fingerprint density at radius 1 is 1.39 bits per heavy atom. The molecular formula is C14H20N2OS. The van der Waals surface area contributed by atoms with Crippen LogP contribution in [0.4, 0.5) is 5.82 Å². The molecule has 18 heavy (non-hydrogen) atoms. The lowest BCUT2D eigenvalue weighted by Gasteiger charge is -2.25. The molecule has 0 fully saturated rings. The molecule has 0 atom stereocenters. The Bertz CT molecular complexity index is 507. The van der Waals surface area contributed by atoms with Crippen molar-refractivity contribution in [2.24, 2.45) is 5.41 Å². The van der Waals surface area contributed by atoms with E-state index in [4.69, 9.17) is 5.11 Å². The average molecular weight is 264 g/mol. The number of anilines is 1.